The van der Waals surface area contributed by atoms with E-state index in [-0.39, 0.29) is 5.91 Å². The third-order valence-electron chi connectivity index (χ3n) is 4.32. The third kappa shape index (κ3) is 1.96. The topological polar surface area (TPSA) is 57.8 Å². The molecule has 3 unspecified atom stereocenters. The summed E-state index contributed by atoms with van der Waals surface area (Å²) < 4.78 is 0. The molecule has 0 radical (unpaired) electrons. The molecule has 0 bridgehead atoms. The second kappa shape index (κ2) is 4.17. The first-order chi connectivity index (χ1) is 8.24. The molecule has 2 fully saturated rings. The summed E-state index contributed by atoms with van der Waals surface area (Å²) >= 11 is 0. The Morgan fingerprint density at radius 2 is 2.29 bits per heavy atom. The minimum absolute atomic E-state index is 0.0457. The molecule has 3 atom stereocenters. The number of aromatic nitrogens is 2. The van der Waals surface area contributed by atoms with Crippen molar-refractivity contribution in [1.29, 1.82) is 0 Å². The Kier molecular flexibility index (Phi) is 2.65. The van der Waals surface area contributed by atoms with Crippen molar-refractivity contribution in [3.63, 3.8) is 0 Å². The number of carbonyl (C=O) groups excluding carboxylic acids is 1. The molecular weight excluding hydrogens is 214 g/mol. The van der Waals surface area contributed by atoms with E-state index in [1.165, 1.54) is 25.7 Å². The molecule has 2 N–H and O–H groups in total. The smallest absolute Gasteiger partial charge is 0.287 e. The monoisotopic (exact) mass is 233 g/mol. The van der Waals surface area contributed by atoms with Crippen molar-refractivity contribution in [3.8, 4) is 0 Å². The van der Waals surface area contributed by atoms with E-state index in [2.05, 4.69) is 15.3 Å². The Balaban J connectivity index is 1.65. The summed E-state index contributed by atoms with van der Waals surface area (Å²) in [6.45, 7) is 1.91. The first-order valence-electron chi connectivity index (χ1n) is 6.56. The molecule has 4 nitrogen and oxygen atoms in total. The zero-order valence-corrected chi connectivity index (χ0v) is 10.2. The molecular formula is C13H19N3O. The first-order valence-corrected chi connectivity index (χ1v) is 6.56. The van der Waals surface area contributed by atoms with E-state index in [0.717, 1.165) is 24.0 Å². The van der Waals surface area contributed by atoms with Gasteiger partial charge in [0, 0.05) is 17.9 Å². The molecule has 0 saturated heterocycles. The number of aromatic amines is 1. The SMILES string of the molecule is Cc1cnc(C(=O)NC2CCC3CCCC32)[nH]1. The summed E-state index contributed by atoms with van der Waals surface area (Å²) in [6, 6.07) is 0.375. The first kappa shape index (κ1) is 10.8. The molecule has 1 amide bonds. The van der Waals surface area contributed by atoms with Gasteiger partial charge in [-0.3, -0.25) is 4.79 Å². The fraction of sp³-hybridized carbons (Fsp3) is 0.692. The second-order valence-electron chi connectivity index (χ2n) is 5.43. The standard InChI is InChI=1S/C13H19N3O/c1-8-7-14-12(15-8)13(17)16-11-6-5-9-3-2-4-10(9)11/h7,9-11H,2-6H2,1H3,(H,14,15)(H,16,17). The van der Waals surface area contributed by atoms with Crippen LogP contribution in [0.3, 0.4) is 0 Å². The number of rotatable bonds is 2. The zero-order valence-electron chi connectivity index (χ0n) is 10.2. The van der Waals surface area contributed by atoms with Crippen molar-refractivity contribution in [3.05, 3.63) is 17.7 Å². The van der Waals surface area contributed by atoms with Gasteiger partial charge in [-0.2, -0.15) is 0 Å². The summed E-state index contributed by atoms with van der Waals surface area (Å²) in [4.78, 5) is 19.1. The fourth-order valence-electron chi connectivity index (χ4n) is 3.51. The van der Waals surface area contributed by atoms with Crippen molar-refractivity contribution in [2.75, 3.05) is 0 Å². The van der Waals surface area contributed by atoms with Crippen molar-refractivity contribution in [2.24, 2.45) is 11.8 Å². The van der Waals surface area contributed by atoms with Crippen molar-refractivity contribution in [1.82, 2.24) is 15.3 Å². The number of nitrogens with zero attached hydrogens (tertiary/aromatic N) is 1. The van der Waals surface area contributed by atoms with Crippen LogP contribution < -0.4 is 5.32 Å². The van der Waals surface area contributed by atoms with Crippen LogP contribution in [-0.2, 0) is 0 Å². The lowest BCUT2D eigenvalue weighted by molar-refractivity contribution is 0.0916. The van der Waals surface area contributed by atoms with E-state index in [4.69, 9.17) is 0 Å². The maximum Gasteiger partial charge on any atom is 0.287 e. The summed E-state index contributed by atoms with van der Waals surface area (Å²) in [5.74, 6) is 1.98. The average Bonchev–Trinajstić information content (AvgIpc) is 2.96. The number of H-pyrrole nitrogens is 1. The molecule has 2 saturated carbocycles. The molecule has 0 aliphatic heterocycles. The van der Waals surface area contributed by atoms with Crippen LogP contribution in [0.25, 0.3) is 0 Å². The molecule has 1 aromatic rings. The number of hydrogen-bond donors (Lipinski definition) is 2. The van der Waals surface area contributed by atoms with Gasteiger partial charge in [-0.05, 0) is 38.0 Å². The second-order valence-corrected chi connectivity index (χ2v) is 5.43. The number of aryl methyl sites for hydroxylation is 1. The number of fused-ring (bicyclic) bond motifs is 1. The molecule has 0 spiro atoms. The van der Waals surface area contributed by atoms with Gasteiger partial charge in [0.2, 0.25) is 0 Å². The lowest BCUT2D eigenvalue weighted by atomic mass is 9.98. The summed E-state index contributed by atoms with van der Waals surface area (Å²) in [5, 5.41) is 3.15. The van der Waals surface area contributed by atoms with E-state index in [1.807, 2.05) is 6.92 Å². The van der Waals surface area contributed by atoms with Crippen LogP contribution in [0.2, 0.25) is 0 Å². The minimum Gasteiger partial charge on any atom is -0.346 e. The zero-order chi connectivity index (χ0) is 11.8. The van der Waals surface area contributed by atoms with Crippen LogP contribution in [0.1, 0.15) is 48.4 Å². The number of carbonyl (C=O) groups is 1. The van der Waals surface area contributed by atoms with Crippen LogP contribution >= 0.6 is 0 Å². The quantitative estimate of drug-likeness (QED) is 0.821. The fourth-order valence-corrected chi connectivity index (χ4v) is 3.51. The molecule has 1 aromatic heterocycles. The predicted octanol–water partition coefficient (Wildman–Crippen LogP) is 2.03. The summed E-state index contributed by atoms with van der Waals surface area (Å²) in [7, 11) is 0. The van der Waals surface area contributed by atoms with E-state index in [0.29, 0.717) is 11.9 Å². The van der Waals surface area contributed by atoms with Gasteiger partial charge < -0.3 is 10.3 Å². The van der Waals surface area contributed by atoms with Crippen LogP contribution in [0.5, 0.6) is 0 Å². The van der Waals surface area contributed by atoms with E-state index in [1.54, 1.807) is 6.20 Å². The highest BCUT2D eigenvalue weighted by molar-refractivity contribution is 5.90. The molecule has 2 aliphatic carbocycles. The van der Waals surface area contributed by atoms with Gasteiger partial charge in [-0.1, -0.05) is 12.8 Å². The van der Waals surface area contributed by atoms with Crippen molar-refractivity contribution < 1.29 is 4.79 Å². The Labute approximate surface area is 101 Å². The summed E-state index contributed by atoms with van der Waals surface area (Å²) in [5.41, 5.74) is 0.931. The Bertz CT molecular complexity index is 426. The van der Waals surface area contributed by atoms with Crippen LogP contribution in [-0.4, -0.2) is 21.9 Å². The highest BCUT2D eigenvalue weighted by Gasteiger charge is 2.39. The molecule has 2 aliphatic rings. The van der Waals surface area contributed by atoms with Crippen molar-refractivity contribution >= 4 is 5.91 Å². The molecule has 17 heavy (non-hydrogen) atoms. The Morgan fingerprint density at radius 3 is 3.06 bits per heavy atom. The highest BCUT2D eigenvalue weighted by atomic mass is 16.2. The Morgan fingerprint density at radius 1 is 1.41 bits per heavy atom. The maximum absolute atomic E-state index is 12.0. The van der Waals surface area contributed by atoms with Gasteiger partial charge in [-0.25, -0.2) is 4.98 Å². The van der Waals surface area contributed by atoms with Gasteiger partial charge in [0.25, 0.3) is 5.91 Å². The third-order valence-corrected chi connectivity index (χ3v) is 4.32. The maximum atomic E-state index is 12.0. The number of nitrogens with one attached hydrogen (secondary N) is 2. The number of amides is 1. The molecule has 1 heterocycles. The minimum atomic E-state index is -0.0457. The highest BCUT2D eigenvalue weighted by Crippen LogP contribution is 2.43. The van der Waals surface area contributed by atoms with Gasteiger partial charge in [0.05, 0.1) is 0 Å². The van der Waals surface area contributed by atoms with Gasteiger partial charge in [0.1, 0.15) is 0 Å². The van der Waals surface area contributed by atoms with Crippen LogP contribution in [0, 0.1) is 18.8 Å². The summed E-state index contributed by atoms with van der Waals surface area (Å²) in [6.07, 6.45) is 8.10. The predicted molar refractivity (Wildman–Crippen MR) is 64.6 cm³/mol. The van der Waals surface area contributed by atoms with E-state index < -0.39 is 0 Å². The van der Waals surface area contributed by atoms with E-state index in [9.17, 15) is 4.79 Å². The molecule has 0 aromatic carbocycles. The van der Waals surface area contributed by atoms with Crippen molar-refractivity contribution in [2.45, 2.75) is 45.1 Å². The molecule has 3 rings (SSSR count). The van der Waals surface area contributed by atoms with Crippen LogP contribution in [0.15, 0.2) is 6.20 Å². The lowest BCUT2D eigenvalue weighted by Crippen LogP contribution is -2.38. The van der Waals surface area contributed by atoms with E-state index >= 15 is 0 Å². The number of hydrogen-bond acceptors (Lipinski definition) is 2. The number of imidazole rings is 1. The van der Waals surface area contributed by atoms with Crippen LogP contribution in [0.4, 0.5) is 0 Å². The lowest BCUT2D eigenvalue weighted by Gasteiger charge is -2.19. The molecule has 4 heteroatoms. The normalized spacial score (nSPS) is 31.5. The largest absolute Gasteiger partial charge is 0.346 e. The molecule has 92 valence electrons. The van der Waals surface area contributed by atoms with Gasteiger partial charge >= 0.3 is 0 Å². The van der Waals surface area contributed by atoms with Gasteiger partial charge in [0.15, 0.2) is 5.82 Å². The Hall–Kier alpha value is -1.32. The van der Waals surface area contributed by atoms with Gasteiger partial charge in [-0.15, -0.1) is 0 Å². The average molecular weight is 233 g/mol.